The SMILES string of the molecule is COc1ccc(CN(c2cccc(Br)c2)S(=O)(=O)c2ccc(C)cc2)cc1. The number of nitrogens with zero attached hydrogens (tertiary/aromatic N) is 1. The predicted molar refractivity (Wildman–Crippen MR) is 112 cm³/mol. The first kappa shape index (κ1) is 19.5. The summed E-state index contributed by atoms with van der Waals surface area (Å²) in [5, 5.41) is 0. The zero-order chi connectivity index (χ0) is 19.4. The number of ether oxygens (including phenoxy) is 1. The van der Waals surface area contributed by atoms with Crippen LogP contribution in [0.4, 0.5) is 5.69 Å². The summed E-state index contributed by atoms with van der Waals surface area (Å²) in [6.45, 7) is 2.15. The summed E-state index contributed by atoms with van der Waals surface area (Å²) in [5.74, 6) is 0.731. The van der Waals surface area contributed by atoms with Crippen LogP contribution in [0.15, 0.2) is 82.2 Å². The van der Waals surface area contributed by atoms with E-state index < -0.39 is 10.0 Å². The third kappa shape index (κ3) is 4.51. The number of benzene rings is 3. The maximum absolute atomic E-state index is 13.4. The third-order valence-corrected chi connectivity index (χ3v) is 6.47. The van der Waals surface area contributed by atoms with E-state index in [0.717, 1.165) is 21.3 Å². The van der Waals surface area contributed by atoms with Gasteiger partial charge in [0.15, 0.2) is 0 Å². The Morgan fingerprint density at radius 1 is 0.963 bits per heavy atom. The van der Waals surface area contributed by atoms with Crippen LogP contribution in [0.25, 0.3) is 0 Å². The molecular weight excluding hydrogens is 426 g/mol. The number of aryl methyl sites for hydroxylation is 1. The van der Waals surface area contributed by atoms with Gasteiger partial charge < -0.3 is 4.74 Å². The van der Waals surface area contributed by atoms with Gasteiger partial charge in [0.05, 0.1) is 24.2 Å². The molecule has 0 aliphatic heterocycles. The van der Waals surface area contributed by atoms with Crippen LogP contribution in [-0.2, 0) is 16.6 Å². The average molecular weight is 446 g/mol. The summed E-state index contributed by atoms with van der Waals surface area (Å²) >= 11 is 3.43. The molecule has 4 nitrogen and oxygen atoms in total. The number of methoxy groups -OCH3 is 1. The van der Waals surface area contributed by atoms with Crippen LogP contribution >= 0.6 is 15.9 Å². The molecule has 6 heteroatoms. The minimum absolute atomic E-state index is 0.219. The Hall–Kier alpha value is -2.31. The predicted octanol–water partition coefficient (Wildman–Crippen LogP) is 5.16. The van der Waals surface area contributed by atoms with E-state index in [9.17, 15) is 8.42 Å². The molecule has 0 spiro atoms. The molecule has 0 aliphatic carbocycles. The van der Waals surface area contributed by atoms with Crippen LogP contribution in [0, 0.1) is 6.92 Å². The highest BCUT2D eigenvalue weighted by Crippen LogP contribution is 2.28. The van der Waals surface area contributed by atoms with Crippen molar-refractivity contribution in [2.75, 3.05) is 11.4 Å². The van der Waals surface area contributed by atoms with Gasteiger partial charge in [-0.2, -0.15) is 0 Å². The van der Waals surface area contributed by atoms with Crippen molar-refractivity contribution in [1.29, 1.82) is 0 Å². The van der Waals surface area contributed by atoms with Crippen LogP contribution in [0.3, 0.4) is 0 Å². The van der Waals surface area contributed by atoms with E-state index in [1.807, 2.05) is 43.3 Å². The number of anilines is 1. The van der Waals surface area contributed by atoms with Crippen LogP contribution < -0.4 is 9.04 Å². The number of hydrogen-bond acceptors (Lipinski definition) is 3. The summed E-state index contributed by atoms with van der Waals surface area (Å²) in [5.41, 5.74) is 2.48. The molecule has 0 amide bonds. The first-order valence-electron chi connectivity index (χ1n) is 8.38. The second-order valence-electron chi connectivity index (χ2n) is 6.15. The quantitative estimate of drug-likeness (QED) is 0.526. The number of hydrogen-bond donors (Lipinski definition) is 0. The van der Waals surface area contributed by atoms with E-state index in [2.05, 4.69) is 15.9 Å². The standard InChI is InChI=1S/C21H20BrNO3S/c1-16-6-12-21(13-7-16)27(24,25)23(19-5-3-4-18(22)14-19)15-17-8-10-20(26-2)11-9-17/h3-14H,15H2,1-2H3. The molecule has 3 rings (SSSR count). The van der Waals surface area contributed by atoms with E-state index >= 15 is 0 Å². The number of sulfonamides is 1. The molecule has 140 valence electrons. The van der Waals surface area contributed by atoms with Gasteiger partial charge in [-0.1, -0.05) is 51.8 Å². The summed E-state index contributed by atoms with van der Waals surface area (Å²) in [4.78, 5) is 0.265. The van der Waals surface area contributed by atoms with E-state index in [0.29, 0.717) is 5.69 Å². The second-order valence-corrected chi connectivity index (χ2v) is 8.93. The lowest BCUT2D eigenvalue weighted by Gasteiger charge is -2.25. The Bertz CT molecular complexity index is 1020. The molecule has 0 heterocycles. The first-order chi connectivity index (χ1) is 12.9. The Labute approximate surface area is 168 Å². The van der Waals surface area contributed by atoms with Gasteiger partial charge in [0.25, 0.3) is 10.0 Å². The molecule has 3 aromatic rings. The van der Waals surface area contributed by atoms with Crippen molar-refractivity contribution in [2.45, 2.75) is 18.4 Å². The zero-order valence-corrected chi connectivity index (χ0v) is 17.5. The van der Waals surface area contributed by atoms with E-state index in [1.54, 1.807) is 43.5 Å². The Morgan fingerprint density at radius 2 is 1.63 bits per heavy atom. The summed E-state index contributed by atoms with van der Waals surface area (Å²) < 4.78 is 34.2. The van der Waals surface area contributed by atoms with Gasteiger partial charge in [0.1, 0.15) is 5.75 Å². The van der Waals surface area contributed by atoms with E-state index in [4.69, 9.17) is 4.74 Å². The highest BCUT2D eigenvalue weighted by molar-refractivity contribution is 9.10. The fourth-order valence-electron chi connectivity index (χ4n) is 2.68. The lowest BCUT2D eigenvalue weighted by atomic mass is 10.2. The number of halogens is 1. The smallest absolute Gasteiger partial charge is 0.264 e. The maximum atomic E-state index is 13.4. The van der Waals surface area contributed by atoms with Crippen molar-refractivity contribution in [3.05, 3.63) is 88.4 Å². The lowest BCUT2D eigenvalue weighted by Crippen LogP contribution is -2.30. The lowest BCUT2D eigenvalue weighted by molar-refractivity contribution is 0.414. The summed E-state index contributed by atoms with van der Waals surface area (Å²) in [6.07, 6.45) is 0. The van der Waals surface area contributed by atoms with Gasteiger partial charge >= 0.3 is 0 Å². The maximum Gasteiger partial charge on any atom is 0.264 e. The van der Waals surface area contributed by atoms with Gasteiger partial charge in [-0.25, -0.2) is 8.42 Å². The number of rotatable bonds is 6. The highest BCUT2D eigenvalue weighted by Gasteiger charge is 2.25. The molecule has 3 aromatic carbocycles. The fraction of sp³-hybridized carbons (Fsp3) is 0.143. The van der Waals surface area contributed by atoms with Gasteiger partial charge in [-0.15, -0.1) is 0 Å². The topological polar surface area (TPSA) is 46.6 Å². The van der Waals surface area contributed by atoms with Crippen molar-refractivity contribution in [3.8, 4) is 5.75 Å². The van der Waals surface area contributed by atoms with Crippen molar-refractivity contribution in [1.82, 2.24) is 0 Å². The van der Waals surface area contributed by atoms with Crippen LogP contribution in [0.2, 0.25) is 0 Å². The molecule has 0 bridgehead atoms. The normalized spacial score (nSPS) is 11.2. The van der Waals surface area contributed by atoms with Gasteiger partial charge in [0.2, 0.25) is 0 Å². The monoisotopic (exact) mass is 445 g/mol. The molecule has 0 atom stereocenters. The molecule has 0 N–H and O–H groups in total. The first-order valence-corrected chi connectivity index (χ1v) is 10.6. The minimum atomic E-state index is -3.72. The summed E-state index contributed by atoms with van der Waals surface area (Å²) in [6, 6.07) is 21.6. The second kappa shape index (κ2) is 8.15. The molecule has 27 heavy (non-hydrogen) atoms. The van der Waals surface area contributed by atoms with Crippen LogP contribution in [0.5, 0.6) is 5.75 Å². The third-order valence-electron chi connectivity index (χ3n) is 4.19. The molecule has 0 fully saturated rings. The van der Waals surface area contributed by atoms with Gasteiger partial charge in [0, 0.05) is 4.47 Å². The highest BCUT2D eigenvalue weighted by atomic mass is 79.9. The van der Waals surface area contributed by atoms with E-state index in [1.165, 1.54) is 4.31 Å². The summed E-state index contributed by atoms with van der Waals surface area (Å²) in [7, 11) is -2.12. The molecule has 0 saturated carbocycles. The van der Waals surface area contributed by atoms with E-state index in [-0.39, 0.29) is 11.4 Å². The van der Waals surface area contributed by atoms with Crippen molar-refractivity contribution < 1.29 is 13.2 Å². The molecular formula is C21H20BrNO3S. The Morgan fingerprint density at radius 3 is 2.22 bits per heavy atom. The Balaban J connectivity index is 2.04. The zero-order valence-electron chi connectivity index (χ0n) is 15.1. The van der Waals surface area contributed by atoms with Crippen molar-refractivity contribution in [3.63, 3.8) is 0 Å². The van der Waals surface area contributed by atoms with Gasteiger partial charge in [-0.05, 0) is 55.0 Å². The fourth-order valence-corrected chi connectivity index (χ4v) is 4.51. The average Bonchev–Trinajstić information content (AvgIpc) is 2.67. The molecule has 0 aromatic heterocycles. The molecule has 0 radical (unpaired) electrons. The minimum Gasteiger partial charge on any atom is -0.497 e. The van der Waals surface area contributed by atoms with Crippen LogP contribution in [-0.4, -0.2) is 15.5 Å². The van der Waals surface area contributed by atoms with Crippen LogP contribution in [0.1, 0.15) is 11.1 Å². The van der Waals surface area contributed by atoms with Gasteiger partial charge in [-0.3, -0.25) is 4.31 Å². The van der Waals surface area contributed by atoms with Crippen molar-refractivity contribution in [2.24, 2.45) is 0 Å². The Kier molecular flexibility index (Phi) is 5.87. The largest absolute Gasteiger partial charge is 0.497 e. The van der Waals surface area contributed by atoms with Crippen molar-refractivity contribution >= 4 is 31.6 Å². The molecule has 0 unspecified atom stereocenters. The molecule has 0 saturated heterocycles. The molecule has 0 aliphatic rings.